The van der Waals surface area contributed by atoms with Crippen LogP contribution in [0.2, 0.25) is 0 Å². The number of nitrogens with one attached hydrogen (secondary N) is 2. The van der Waals surface area contributed by atoms with E-state index in [9.17, 15) is 0 Å². The number of rotatable bonds is 5. The summed E-state index contributed by atoms with van der Waals surface area (Å²) in [7, 11) is 3.62. The number of guanidine groups is 1. The number of aryl methyl sites for hydroxylation is 2. The lowest BCUT2D eigenvalue weighted by atomic mass is 10.4. The van der Waals surface area contributed by atoms with Gasteiger partial charge in [0.1, 0.15) is 12.2 Å². The SMILES string of the molecule is CN=C(NCCc1ncc(C)s1)NCc1ncnn1C.I. The van der Waals surface area contributed by atoms with Gasteiger partial charge in [0.2, 0.25) is 0 Å². The molecule has 21 heavy (non-hydrogen) atoms. The van der Waals surface area contributed by atoms with Crippen molar-refractivity contribution in [2.45, 2.75) is 19.9 Å². The number of hydrogen-bond acceptors (Lipinski definition) is 5. The first-order valence-electron chi connectivity index (χ1n) is 6.37. The minimum Gasteiger partial charge on any atom is -0.356 e. The molecule has 2 aromatic heterocycles. The van der Waals surface area contributed by atoms with Gasteiger partial charge in [-0.15, -0.1) is 35.3 Å². The molecule has 0 bridgehead atoms. The number of aromatic nitrogens is 4. The second-order valence-electron chi connectivity index (χ2n) is 4.27. The van der Waals surface area contributed by atoms with E-state index in [1.165, 1.54) is 11.2 Å². The van der Waals surface area contributed by atoms with E-state index in [4.69, 9.17) is 0 Å². The van der Waals surface area contributed by atoms with E-state index < -0.39 is 0 Å². The predicted octanol–water partition coefficient (Wildman–Crippen LogP) is 1.11. The van der Waals surface area contributed by atoms with Crippen molar-refractivity contribution in [1.82, 2.24) is 30.4 Å². The Kier molecular flexibility index (Phi) is 7.57. The summed E-state index contributed by atoms with van der Waals surface area (Å²) in [4.78, 5) is 13.9. The van der Waals surface area contributed by atoms with E-state index in [2.05, 4.69) is 37.6 Å². The van der Waals surface area contributed by atoms with Gasteiger partial charge in [-0.1, -0.05) is 0 Å². The molecule has 0 amide bonds. The molecule has 0 radical (unpaired) electrons. The standard InChI is InChI=1S/C12H19N7S.HI/c1-9-6-15-11(20-9)4-5-14-12(13-2)16-7-10-17-8-18-19(10)3;/h6,8H,4-5,7H2,1-3H3,(H2,13,14,16);1H. The normalized spacial score (nSPS) is 11.1. The molecule has 2 rings (SSSR count). The van der Waals surface area contributed by atoms with Crippen molar-refractivity contribution in [2.24, 2.45) is 12.0 Å². The lowest BCUT2D eigenvalue weighted by Crippen LogP contribution is -2.38. The summed E-state index contributed by atoms with van der Waals surface area (Å²) in [5, 5.41) is 11.6. The van der Waals surface area contributed by atoms with Crippen molar-refractivity contribution in [2.75, 3.05) is 13.6 Å². The number of hydrogen-bond donors (Lipinski definition) is 2. The molecule has 0 aliphatic heterocycles. The second-order valence-corrected chi connectivity index (χ2v) is 5.59. The fraction of sp³-hybridized carbons (Fsp3) is 0.500. The van der Waals surface area contributed by atoms with Gasteiger partial charge >= 0.3 is 0 Å². The molecule has 0 aromatic carbocycles. The minimum atomic E-state index is 0. The molecule has 0 aliphatic rings. The highest BCUT2D eigenvalue weighted by Crippen LogP contribution is 2.10. The predicted molar refractivity (Wildman–Crippen MR) is 95.2 cm³/mol. The molecule has 2 aromatic rings. The van der Waals surface area contributed by atoms with E-state index in [1.807, 2.05) is 13.2 Å². The van der Waals surface area contributed by atoms with Crippen molar-refractivity contribution in [1.29, 1.82) is 0 Å². The Morgan fingerprint density at radius 2 is 2.19 bits per heavy atom. The zero-order valence-electron chi connectivity index (χ0n) is 12.3. The van der Waals surface area contributed by atoms with Crippen LogP contribution in [0.25, 0.3) is 0 Å². The third-order valence-corrected chi connectivity index (χ3v) is 3.72. The highest BCUT2D eigenvalue weighted by molar-refractivity contribution is 14.0. The summed E-state index contributed by atoms with van der Waals surface area (Å²) in [6.45, 7) is 3.45. The number of thiazole rings is 1. The molecule has 0 spiro atoms. The quantitative estimate of drug-likeness (QED) is 0.430. The molecule has 2 heterocycles. The van der Waals surface area contributed by atoms with Crippen LogP contribution >= 0.6 is 35.3 Å². The van der Waals surface area contributed by atoms with Gasteiger partial charge < -0.3 is 10.6 Å². The van der Waals surface area contributed by atoms with Crippen LogP contribution in [0.1, 0.15) is 15.7 Å². The third kappa shape index (κ3) is 5.58. The fourth-order valence-corrected chi connectivity index (χ4v) is 2.46. The third-order valence-electron chi connectivity index (χ3n) is 2.74. The van der Waals surface area contributed by atoms with Gasteiger partial charge in [0.15, 0.2) is 5.96 Å². The Morgan fingerprint density at radius 3 is 2.76 bits per heavy atom. The smallest absolute Gasteiger partial charge is 0.191 e. The van der Waals surface area contributed by atoms with Crippen LogP contribution in [-0.2, 0) is 20.0 Å². The molecule has 116 valence electrons. The summed E-state index contributed by atoms with van der Waals surface area (Å²) >= 11 is 1.73. The van der Waals surface area contributed by atoms with Crippen LogP contribution in [0.4, 0.5) is 0 Å². The Bertz CT molecular complexity index is 578. The van der Waals surface area contributed by atoms with Crippen molar-refractivity contribution in [3.8, 4) is 0 Å². The maximum Gasteiger partial charge on any atom is 0.191 e. The topological polar surface area (TPSA) is 80.0 Å². The van der Waals surface area contributed by atoms with Gasteiger partial charge in [-0.25, -0.2) is 9.97 Å². The molecule has 9 heteroatoms. The van der Waals surface area contributed by atoms with Gasteiger partial charge in [-0.05, 0) is 6.92 Å². The van der Waals surface area contributed by atoms with Crippen LogP contribution in [0.3, 0.4) is 0 Å². The number of nitrogens with zero attached hydrogens (tertiary/aromatic N) is 5. The Morgan fingerprint density at radius 1 is 1.38 bits per heavy atom. The zero-order valence-corrected chi connectivity index (χ0v) is 15.5. The van der Waals surface area contributed by atoms with Crippen molar-refractivity contribution in [3.05, 3.63) is 28.2 Å². The molecule has 7 nitrogen and oxygen atoms in total. The molecule has 2 N–H and O–H groups in total. The first-order valence-corrected chi connectivity index (χ1v) is 7.19. The van der Waals surface area contributed by atoms with Gasteiger partial charge in [0, 0.05) is 38.1 Å². The van der Waals surface area contributed by atoms with E-state index in [0.717, 1.165) is 29.8 Å². The van der Waals surface area contributed by atoms with E-state index in [0.29, 0.717) is 6.54 Å². The van der Waals surface area contributed by atoms with E-state index in [-0.39, 0.29) is 24.0 Å². The zero-order chi connectivity index (χ0) is 14.4. The highest BCUT2D eigenvalue weighted by atomic mass is 127. The molecule has 0 atom stereocenters. The summed E-state index contributed by atoms with van der Waals surface area (Å²) in [6.07, 6.45) is 4.34. The molecular weight excluding hydrogens is 401 g/mol. The van der Waals surface area contributed by atoms with Crippen molar-refractivity contribution < 1.29 is 0 Å². The van der Waals surface area contributed by atoms with Crippen LogP contribution in [0.5, 0.6) is 0 Å². The van der Waals surface area contributed by atoms with Crippen LogP contribution < -0.4 is 10.6 Å². The molecular formula is C12H20IN7S. The van der Waals surface area contributed by atoms with Crippen LogP contribution in [0, 0.1) is 6.92 Å². The van der Waals surface area contributed by atoms with Gasteiger partial charge in [0.25, 0.3) is 0 Å². The summed E-state index contributed by atoms with van der Waals surface area (Å²) in [5.74, 6) is 1.62. The molecule has 0 saturated carbocycles. The molecule has 0 fully saturated rings. The van der Waals surface area contributed by atoms with Gasteiger partial charge in [-0.3, -0.25) is 9.67 Å². The monoisotopic (exact) mass is 421 g/mol. The minimum absolute atomic E-state index is 0. The molecule has 0 saturated heterocycles. The van der Waals surface area contributed by atoms with E-state index >= 15 is 0 Å². The fourth-order valence-electron chi connectivity index (χ4n) is 1.67. The average molecular weight is 421 g/mol. The maximum absolute atomic E-state index is 4.33. The first kappa shape index (κ1) is 17.8. The summed E-state index contributed by atoms with van der Waals surface area (Å²) in [5.41, 5.74) is 0. The van der Waals surface area contributed by atoms with Gasteiger partial charge in [-0.2, -0.15) is 5.10 Å². The molecule has 0 unspecified atom stereocenters. The van der Waals surface area contributed by atoms with Crippen LogP contribution in [0.15, 0.2) is 17.5 Å². The number of aliphatic imine (C=N–C) groups is 1. The highest BCUT2D eigenvalue weighted by Gasteiger charge is 2.03. The van der Waals surface area contributed by atoms with Crippen molar-refractivity contribution >= 4 is 41.3 Å². The maximum atomic E-state index is 4.33. The van der Waals surface area contributed by atoms with Crippen LogP contribution in [-0.4, -0.2) is 39.3 Å². The largest absolute Gasteiger partial charge is 0.356 e. The lowest BCUT2D eigenvalue weighted by molar-refractivity contribution is 0.672. The molecule has 0 aliphatic carbocycles. The van der Waals surface area contributed by atoms with E-state index in [1.54, 1.807) is 23.1 Å². The second kappa shape index (κ2) is 8.93. The lowest BCUT2D eigenvalue weighted by Gasteiger charge is -2.10. The number of halogens is 1. The average Bonchev–Trinajstić information content (AvgIpc) is 3.03. The van der Waals surface area contributed by atoms with Crippen molar-refractivity contribution in [3.63, 3.8) is 0 Å². The Labute approximate surface area is 145 Å². The summed E-state index contributed by atoms with van der Waals surface area (Å²) < 4.78 is 1.73. The Balaban J connectivity index is 0.00000220. The summed E-state index contributed by atoms with van der Waals surface area (Å²) in [6, 6.07) is 0. The Hall–Kier alpha value is -1.23. The first-order chi connectivity index (χ1) is 9.69. The van der Waals surface area contributed by atoms with Gasteiger partial charge in [0.05, 0.1) is 11.6 Å².